The van der Waals surface area contributed by atoms with Gasteiger partial charge in [0.2, 0.25) is 0 Å². The number of aromatic nitrogens is 2. The maximum absolute atomic E-state index is 11.6. The molecule has 0 aliphatic heterocycles. The fourth-order valence-corrected chi connectivity index (χ4v) is 2.69. The molecule has 0 radical (unpaired) electrons. The Morgan fingerprint density at radius 2 is 2.12 bits per heavy atom. The molecule has 90 valence electrons. The van der Waals surface area contributed by atoms with E-state index in [0.29, 0.717) is 17.0 Å². The third-order valence-corrected chi connectivity index (χ3v) is 4.86. The van der Waals surface area contributed by atoms with Crippen molar-refractivity contribution in [2.24, 2.45) is 0 Å². The molecule has 0 fully saturated rings. The summed E-state index contributed by atoms with van der Waals surface area (Å²) < 4.78 is 26.1. The minimum atomic E-state index is -2.97. The van der Waals surface area contributed by atoms with Gasteiger partial charge in [-0.15, -0.1) is 5.10 Å². The summed E-state index contributed by atoms with van der Waals surface area (Å²) in [5.74, 6) is 0.127. The molecule has 0 saturated heterocycles. The van der Waals surface area contributed by atoms with Crippen LogP contribution in [-0.4, -0.2) is 35.3 Å². The summed E-state index contributed by atoms with van der Waals surface area (Å²) in [6, 6.07) is 0. The monoisotopic (exact) mass is 262 g/mol. The van der Waals surface area contributed by atoms with Crippen LogP contribution in [0.1, 0.15) is 35.1 Å². The highest BCUT2D eigenvalue weighted by Gasteiger charge is 2.14. The lowest BCUT2D eigenvalue weighted by molar-refractivity contribution is 0.0985. The van der Waals surface area contributed by atoms with Gasteiger partial charge in [0.1, 0.15) is 14.7 Å². The predicted octanol–water partition coefficient (Wildman–Crippen LogP) is 1.24. The van der Waals surface area contributed by atoms with Crippen LogP contribution in [0, 0.1) is 6.92 Å². The van der Waals surface area contributed by atoms with Gasteiger partial charge in [0.05, 0.1) is 11.4 Å². The maximum atomic E-state index is 11.6. The molecule has 5 nitrogen and oxygen atoms in total. The summed E-state index contributed by atoms with van der Waals surface area (Å²) in [6.07, 6.45) is 0.607. The normalized spacial score (nSPS) is 11.6. The van der Waals surface area contributed by atoms with Crippen LogP contribution in [0.4, 0.5) is 0 Å². The number of hydrogen-bond acceptors (Lipinski definition) is 6. The van der Waals surface area contributed by atoms with Gasteiger partial charge < -0.3 is 0 Å². The van der Waals surface area contributed by atoms with Crippen LogP contribution in [-0.2, 0) is 9.84 Å². The number of ketones is 1. The van der Waals surface area contributed by atoms with Crippen molar-refractivity contribution in [3.05, 3.63) is 10.6 Å². The molecule has 0 bridgehead atoms. The Labute approximate surface area is 99.0 Å². The lowest BCUT2D eigenvalue weighted by Gasteiger charge is -2.00. The van der Waals surface area contributed by atoms with E-state index in [1.165, 1.54) is 0 Å². The Hall–Kier alpha value is -0.820. The molecule has 1 aromatic rings. The van der Waals surface area contributed by atoms with Gasteiger partial charge >= 0.3 is 0 Å². The van der Waals surface area contributed by atoms with Gasteiger partial charge in [0.25, 0.3) is 0 Å². The number of sulfone groups is 1. The Balaban J connectivity index is 2.46. The summed E-state index contributed by atoms with van der Waals surface area (Å²) in [5.41, 5.74) is 0.619. The zero-order chi connectivity index (χ0) is 12.2. The number of rotatable bonds is 6. The Bertz CT molecular complexity index is 465. The molecule has 7 heteroatoms. The van der Waals surface area contributed by atoms with Crippen molar-refractivity contribution in [2.75, 3.05) is 11.5 Å². The van der Waals surface area contributed by atoms with Crippen LogP contribution < -0.4 is 0 Å². The summed E-state index contributed by atoms with van der Waals surface area (Å²) in [5, 5.41) is 3.74. The van der Waals surface area contributed by atoms with Crippen molar-refractivity contribution in [3.8, 4) is 0 Å². The van der Waals surface area contributed by atoms with Gasteiger partial charge in [0, 0.05) is 12.2 Å². The molecule has 1 rings (SSSR count). The molecule has 16 heavy (non-hydrogen) atoms. The molecule has 0 atom stereocenters. The van der Waals surface area contributed by atoms with E-state index in [2.05, 4.69) is 9.59 Å². The van der Waals surface area contributed by atoms with Crippen molar-refractivity contribution in [1.82, 2.24) is 9.59 Å². The molecular formula is C9H14N2O3S2. The van der Waals surface area contributed by atoms with Crippen LogP contribution >= 0.6 is 11.5 Å². The van der Waals surface area contributed by atoms with Crippen LogP contribution in [0.15, 0.2) is 0 Å². The van der Waals surface area contributed by atoms with Crippen LogP contribution in [0.25, 0.3) is 0 Å². The van der Waals surface area contributed by atoms with Gasteiger partial charge in [-0.05, 0) is 24.9 Å². The minimum absolute atomic E-state index is 0.0700. The van der Waals surface area contributed by atoms with Crippen molar-refractivity contribution >= 4 is 27.2 Å². The van der Waals surface area contributed by atoms with Crippen LogP contribution in [0.2, 0.25) is 0 Å². The quantitative estimate of drug-likeness (QED) is 0.721. The Kier molecular flexibility index (Phi) is 4.55. The highest BCUT2D eigenvalue weighted by molar-refractivity contribution is 7.91. The van der Waals surface area contributed by atoms with E-state index in [-0.39, 0.29) is 23.7 Å². The molecule has 0 aromatic carbocycles. The fourth-order valence-electron chi connectivity index (χ4n) is 1.20. The average Bonchev–Trinajstić information content (AvgIpc) is 2.64. The molecule has 0 amide bonds. The molecule has 0 unspecified atom stereocenters. The van der Waals surface area contributed by atoms with E-state index < -0.39 is 9.84 Å². The van der Waals surface area contributed by atoms with E-state index in [1.807, 2.05) is 0 Å². The standard InChI is InChI=1S/C9H14N2O3S2/c1-3-16(13,14)6-4-5-8(12)9-7(2)10-11-15-9/h3-6H2,1-2H3. The number of nitrogens with zero attached hydrogens (tertiary/aromatic N) is 2. The highest BCUT2D eigenvalue weighted by atomic mass is 32.2. The summed E-state index contributed by atoms with van der Waals surface area (Å²) >= 11 is 1.06. The number of aryl methyl sites for hydroxylation is 1. The van der Waals surface area contributed by atoms with Gasteiger partial charge in [-0.1, -0.05) is 11.4 Å². The Morgan fingerprint density at radius 1 is 1.44 bits per heavy atom. The summed E-state index contributed by atoms with van der Waals surface area (Å²) in [6.45, 7) is 3.33. The number of hydrogen-bond donors (Lipinski definition) is 0. The first kappa shape index (κ1) is 13.2. The molecule has 0 aliphatic carbocycles. The van der Waals surface area contributed by atoms with Gasteiger partial charge in [0.15, 0.2) is 5.78 Å². The van der Waals surface area contributed by atoms with E-state index in [1.54, 1.807) is 13.8 Å². The zero-order valence-corrected chi connectivity index (χ0v) is 10.9. The molecule has 1 heterocycles. The predicted molar refractivity (Wildman–Crippen MR) is 62.5 cm³/mol. The maximum Gasteiger partial charge on any atom is 0.176 e. The second-order valence-electron chi connectivity index (χ2n) is 3.45. The second kappa shape index (κ2) is 5.49. The molecule has 0 spiro atoms. The summed E-state index contributed by atoms with van der Waals surface area (Å²) in [7, 11) is -2.97. The second-order valence-corrected chi connectivity index (χ2v) is 6.68. The first-order valence-electron chi connectivity index (χ1n) is 4.99. The van der Waals surface area contributed by atoms with Crippen molar-refractivity contribution in [1.29, 1.82) is 0 Å². The largest absolute Gasteiger partial charge is 0.293 e. The van der Waals surface area contributed by atoms with E-state index in [0.717, 1.165) is 11.5 Å². The third kappa shape index (κ3) is 3.64. The highest BCUT2D eigenvalue weighted by Crippen LogP contribution is 2.13. The number of carbonyl (C=O) groups excluding carboxylic acids is 1. The van der Waals surface area contributed by atoms with Crippen molar-refractivity contribution in [2.45, 2.75) is 26.7 Å². The first-order valence-corrected chi connectivity index (χ1v) is 7.58. The van der Waals surface area contributed by atoms with Gasteiger partial charge in [-0.3, -0.25) is 4.79 Å². The van der Waals surface area contributed by atoms with Crippen molar-refractivity contribution < 1.29 is 13.2 Å². The molecular weight excluding hydrogens is 248 g/mol. The molecule has 0 saturated carbocycles. The van der Waals surface area contributed by atoms with E-state index in [9.17, 15) is 13.2 Å². The molecule has 0 N–H and O–H groups in total. The SMILES string of the molecule is CCS(=O)(=O)CCCC(=O)c1snnc1C. The van der Waals surface area contributed by atoms with E-state index in [4.69, 9.17) is 0 Å². The third-order valence-electron chi connectivity index (χ3n) is 2.20. The van der Waals surface area contributed by atoms with Crippen LogP contribution in [0.3, 0.4) is 0 Å². The lowest BCUT2D eigenvalue weighted by atomic mass is 10.2. The number of Topliss-reactive ketones (excluding diaryl/α,β-unsaturated/α-hetero) is 1. The lowest BCUT2D eigenvalue weighted by Crippen LogP contribution is -2.10. The van der Waals surface area contributed by atoms with Crippen LogP contribution in [0.5, 0.6) is 0 Å². The molecule has 1 aromatic heterocycles. The number of carbonyl (C=O) groups is 1. The van der Waals surface area contributed by atoms with Gasteiger partial charge in [-0.25, -0.2) is 8.42 Å². The minimum Gasteiger partial charge on any atom is -0.293 e. The Morgan fingerprint density at radius 3 is 2.62 bits per heavy atom. The van der Waals surface area contributed by atoms with Gasteiger partial charge in [-0.2, -0.15) is 0 Å². The smallest absolute Gasteiger partial charge is 0.176 e. The topological polar surface area (TPSA) is 77.0 Å². The van der Waals surface area contributed by atoms with Crippen molar-refractivity contribution in [3.63, 3.8) is 0 Å². The fraction of sp³-hybridized carbons (Fsp3) is 0.667. The van der Waals surface area contributed by atoms with E-state index >= 15 is 0 Å². The zero-order valence-electron chi connectivity index (χ0n) is 9.26. The first-order chi connectivity index (χ1) is 7.46. The average molecular weight is 262 g/mol. The summed E-state index contributed by atoms with van der Waals surface area (Å²) in [4.78, 5) is 12.2. The molecule has 0 aliphatic rings.